The summed E-state index contributed by atoms with van der Waals surface area (Å²) in [6.07, 6.45) is 5.59. The smallest absolute Gasteiger partial charge is 0.222 e. The average Bonchev–Trinajstić information content (AvgIpc) is 2.93. The second kappa shape index (κ2) is 10.6. The predicted molar refractivity (Wildman–Crippen MR) is 152 cm³/mol. The maximum Gasteiger partial charge on any atom is 0.222 e. The molecule has 188 valence electrons. The largest absolute Gasteiger partial charge is 0.493 e. The van der Waals surface area contributed by atoms with Gasteiger partial charge in [-0.2, -0.15) is 4.98 Å². The van der Waals surface area contributed by atoms with Crippen molar-refractivity contribution in [3.05, 3.63) is 89.4 Å². The van der Waals surface area contributed by atoms with Crippen LogP contribution in [0.5, 0.6) is 23.0 Å². The highest BCUT2D eigenvalue weighted by atomic mass is 35.5. The van der Waals surface area contributed by atoms with Gasteiger partial charge in [0.2, 0.25) is 5.95 Å². The summed E-state index contributed by atoms with van der Waals surface area (Å²) in [7, 11) is 3.17. The molecule has 0 atom stereocenters. The zero-order chi connectivity index (χ0) is 26.6. The normalized spacial score (nSPS) is 10.6. The molecule has 0 aliphatic carbocycles. The van der Waals surface area contributed by atoms with Crippen molar-refractivity contribution in [2.75, 3.05) is 25.3 Å². The molecule has 0 amide bonds. The number of aromatic nitrogens is 2. The zero-order valence-electron chi connectivity index (χ0n) is 20.7. The summed E-state index contributed by atoms with van der Waals surface area (Å²) >= 11 is 5.98. The van der Waals surface area contributed by atoms with Gasteiger partial charge in [-0.05, 0) is 60.2 Å². The fourth-order valence-corrected chi connectivity index (χ4v) is 4.27. The summed E-state index contributed by atoms with van der Waals surface area (Å²) in [6, 6.07) is 24.0. The minimum Gasteiger partial charge on any atom is -0.493 e. The molecule has 0 radical (unpaired) electrons. The Hall–Kier alpha value is -4.93. The third kappa shape index (κ3) is 4.99. The maximum atomic E-state index is 6.10. The van der Waals surface area contributed by atoms with Crippen molar-refractivity contribution in [1.29, 1.82) is 0 Å². The topological polar surface area (TPSA) is 91.5 Å². The molecular weight excluding hydrogens is 500 g/mol. The fraction of sp³-hybridized carbons (Fsp3) is 0.0667. The molecule has 0 aliphatic heterocycles. The summed E-state index contributed by atoms with van der Waals surface area (Å²) in [4.78, 5) is 9.01. The monoisotopic (exact) mass is 522 g/mol. The summed E-state index contributed by atoms with van der Waals surface area (Å²) in [5.74, 6) is 5.63. The number of halogens is 1. The summed E-state index contributed by atoms with van der Waals surface area (Å²) in [5, 5.41) is 4.70. The molecule has 38 heavy (non-hydrogen) atoms. The lowest BCUT2D eigenvalue weighted by atomic mass is 9.98. The quantitative estimate of drug-likeness (QED) is 0.221. The highest BCUT2D eigenvalue weighted by molar-refractivity contribution is 6.30. The number of hydrogen-bond acceptors (Lipinski definition) is 7. The molecule has 0 fully saturated rings. The molecule has 0 saturated heterocycles. The number of benzene rings is 4. The standard InChI is InChI=1S/C30H23ClN4O3/c1-4-18-6-5-7-21(16-18)33-29-27-24(34-30(32)35-29)17-25(36-2)28(37-3)26(27)19-8-12-22(13-9-19)38-23-14-10-20(31)11-15-23/h1,5-17H,2-3H3,(H3,32,33,34,35). The summed E-state index contributed by atoms with van der Waals surface area (Å²) in [6.45, 7) is 0. The van der Waals surface area contributed by atoms with Gasteiger partial charge in [0, 0.05) is 27.9 Å². The highest BCUT2D eigenvalue weighted by Gasteiger charge is 2.22. The molecule has 8 heteroatoms. The van der Waals surface area contributed by atoms with Crippen molar-refractivity contribution < 1.29 is 14.2 Å². The SMILES string of the molecule is C#Cc1cccc(Nc2nc(N)nc3cc(OC)c(OC)c(-c4ccc(Oc5ccc(Cl)cc5)cc4)c23)c1. The van der Waals surface area contributed by atoms with Crippen LogP contribution in [0.25, 0.3) is 22.0 Å². The number of ether oxygens (including phenoxy) is 3. The first-order valence-corrected chi connectivity index (χ1v) is 12.0. The number of fused-ring (bicyclic) bond motifs is 1. The number of anilines is 3. The van der Waals surface area contributed by atoms with E-state index in [0.717, 1.165) is 22.4 Å². The lowest BCUT2D eigenvalue weighted by molar-refractivity contribution is 0.357. The molecule has 3 N–H and O–H groups in total. The van der Waals surface area contributed by atoms with E-state index in [1.807, 2.05) is 60.7 Å². The van der Waals surface area contributed by atoms with Gasteiger partial charge in [-0.1, -0.05) is 35.7 Å². The Balaban J connectivity index is 1.66. The van der Waals surface area contributed by atoms with Gasteiger partial charge in [-0.15, -0.1) is 6.42 Å². The van der Waals surface area contributed by atoms with E-state index in [0.29, 0.717) is 44.7 Å². The van der Waals surface area contributed by atoms with Crippen LogP contribution in [-0.4, -0.2) is 24.2 Å². The average molecular weight is 523 g/mol. The van der Waals surface area contributed by atoms with Crippen LogP contribution in [0, 0.1) is 12.3 Å². The Morgan fingerprint density at radius 3 is 2.26 bits per heavy atom. The van der Waals surface area contributed by atoms with Crippen LogP contribution in [-0.2, 0) is 0 Å². The van der Waals surface area contributed by atoms with Crippen LogP contribution in [0.4, 0.5) is 17.5 Å². The van der Waals surface area contributed by atoms with E-state index in [1.165, 1.54) is 0 Å². The van der Waals surface area contributed by atoms with E-state index in [2.05, 4.69) is 21.2 Å². The van der Waals surface area contributed by atoms with Crippen LogP contribution in [0.2, 0.25) is 5.02 Å². The van der Waals surface area contributed by atoms with Gasteiger partial charge >= 0.3 is 0 Å². The summed E-state index contributed by atoms with van der Waals surface area (Å²) < 4.78 is 17.4. The van der Waals surface area contributed by atoms with Crippen molar-refractivity contribution in [2.24, 2.45) is 0 Å². The van der Waals surface area contributed by atoms with E-state index >= 15 is 0 Å². The molecule has 0 saturated carbocycles. The number of nitrogen functional groups attached to an aromatic ring is 1. The number of hydrogen-bond donors (Lipinski definition) is 2. The van der Waals surface area contributed by atoms with E-state index in [4.69, 9.17) is 38.0 Å². The molecule has 0 spiro atoms. The first kappa shape index (κ1) is 24.8. The van der Waals surface area contributed by atoms with Crippen LogP contribution in [0.15, 0.2) is 78.9 Å². The Kier molecular flexibility index (Phi) is 6.90. The fourth-order valence-electron chi connectivity index (χ4n) is 4.15. The van der Waals surface area contributed by atoms with Crippen molar-refractivity contribution in [1.82, 2.24) is 9.97 Å². The Morgan fingerprint density at radius 2 is 1.61 bits per heavy atom. The van der Waals surface area contributed by atoms with Crippen LogP contribution >= 0.6 is 11.6 Å². The molecule has 1 heterocycles. The Bertz CT molecular complexity index is 1660. The van der Waals surface area contributed by atoms with Crippen LogP contribution in [0.3, 0.4) is 0 Å². The van der Waals surface area contributed by atoms with Gasteiger partial charge in [-0.3, -0.25) is 0 Å². The lowest BCUT2D eigenvalue weighted by Gasteiger charge is -2.19. The van der Waals surface area contributed by atoms with E-state index in [-0.39, 0.29) is 5.95 Å². The van der Waals surface area contributed by atoms with Gasteiger partial charge in [0.25, 0.3) is 0 Å². The Labute approximate surface area is 225 Å². The summed E-state index contributed by atoms with van der Waals surface area (Å²) in [5.41, 5.74) is 9.74. The third-order valence-electron chi connectivity index (χ3n) is 5.83. The molecule has 0 unspecified atom stereocenters. The molecule has 0 bridgehead atoms. The van der Waals surface area contributed by atoms with E-state index in [1.54, 1.807) is 32.4 Å². The number of nitrogens with zero attached hydrogens (tertiary/aromatic N) is 2. The second-order valence-electron chi connectivity index (χ2n) is 8.24. The lowest BCUT2D eigenvalue weighted by Crippen LogP contribution is -2.04. The molecule has 5 aromatic rings. The molecule has 4 aromatic carbocycles. The minimum atomic E-state index is 0.109. The first-order valence-electron chi connectivity index (χ1n) is 11.6. The molecule has 0 aliphatic rings. The van der Waals surface area contributed by atoms with Crippen LogP contribution < -0.4 is 25.3 Å². The number of nitrogens with two attached hydrogens (primary N) is 1. The van der Waals surface area contributed by atoms with Gasteiger partial charge in [0.15, 0.2) is 11.5 Å². The number of nitrogens with one attached hydrogen (secondary N) is 1. The Morgan fingerprint density at radius 1 is 0.895 bits per heavy atom. The van der Waals surface area contributed by atoms with Crippen molar-refractivity contribution in [3.63, 3.8) is 0 Å². The number of methoxy groups -OCH3 is 2. The number of rotatable bonds is 7. The van der Waals surface area contributed by atoms with Crippen molar-refractivity contribution in [2.45, 2.75) is 0 Å². The van der Waals surface area contributed by atoms with Crippen LogP contribution in [0.1, 0.15) is 5.56 Å². The van der Waals surface area contributed by atoms with Gasteiger partial charge in [0.05, 0.1) is 25.1 Å². The molecule has 1 aromatic heterocycles. The van der Waals surface area contributed by atoms with Gasteiger partial charge in [0.1, 0.15) is 17.3 Å². The molecular formula is C30H23ClN4O3. The van der Waals surface area contributed by atoms with E-state index < -0.39 is 0 Å². The highest BCUT2D eigenvalue weighted by Crippen LogP contribution is 2.46. The minimum absolute atomic E-state index is 0.109. The third-order valence-corrected chi connectivity index (χ3v) is 6.08. The van der Waals surface area contributed by atoms with Gasteiger partial charge < -0.3 is 25.3 Å². The van der Waals surface area contributed by atoms with Gasteiger partial charge in [-0.25, -0.2) is 4.98 Å². The molecule has 5 rings (SSSR count). The zero-order valence-corrected chi connectivity index (χ0v) is 21.4. The molecule has 7 nitrogen and oxygen atoms in total. The van der Waals surface area contributed by atoms with Crippen molar-refractivity contribution in [3.8, 4) is 46.5 Å². The van der Waals surface area contributed by atoms with Crippen molar-refractivity contribution >= 4 is 40.0 Å². The second-order valence-corrected chi connectivity index (χ2v) is 8.68. The first-order chi connectivity index (χ1) is 18.5. The maximum absolute atomic E-state index is 6.10. The van der Waals surface area contributed by atoms with E-state index in [9.17, 15) is 0 Å². The number of terminal acetylenes is 1. The predicted octanol–water partition coefficient (Wildman–Crippen LogP) is 7.07.